The molecule has 0 aromatic heterocycles. The minimum absolute atomic E-state index is 0.207. The van der Waals surface area contributed by atoms with Crippen LogP contribution in [0.1, 0.15) is 12.0 Å². The summed E-state index contributed by atoms with van der Waals surface area (Å²) < 4.78 is 0. The molecule has 1 aliphatic heterocycles. The first-order valence-electron chi connectivity index (χ1n) is 5.40. The van der Waals surface area contributed by atoms with Crippen LogP contribution in [0.25, 0.3) is 0 Å². The lowest BCUT2D eigenvalue weighted by atomic mass is 10.1. The number of anilines is 2. The molecule has 3 nitrogen and oxygen atoms in total. The number of nitrogen functional groups attached to an aromatic ring is 1. The lowest BCUT2D eigenvalue weighted by Crippen LogP contribution is -2.29. The fourth-order valence-corrected chi connectivity index (χ4v) is 2.42. The second kappa shape index (κ2) is 4.78. The number of benzene rings is 1. The van der Waals surface area contributed by atoms with Crippen LogP contribution in [-0.4, -0.2) is 24.5 Å². The van der Waals surface area contributed by atoms with Crippen molar-refractivity contribution in [1.29, 1.82) is 0 Å². The van der Waals surface area contributed by atoms with Crippen molar-refractivity contribution in [3.8, 4) is 0 Å². The van der Waals surface area contributed by atoms with Gasteiger partial charge < -0.3 is 10.6 Å². The summed E-state index contributed by atoms with van der Waals surface area (Å²) in [5.74, 6) is 1.09. The number of hydrogen-bond acceptors (Lipinski definition) is 3. The first kappa shape index (κ1) is 11.3. The van der Waals surface area contributed by atoms with Gasteiger partial charge in [-0.25, -0.2) is 0 Å². The van der Waals surface area contributed by atoms with E-state index >= 15 is 0 Å². The average Bonchev–Trinajstić information content (AvgIpc) is 2.71. The molecule has 86 valence electrons. The molecule has 0 aliphatic carbocycles. The number of thioether (sulfide) groups is 1. The van der Waals surface area contributed by atoms with Gasteiger partial charge in [0.05, 0.1) is 0 Å². The van der Waals surface area contributed by atoms with Crippen LogP contribution in [0.5, 0.6) is 0 Å². The number of fused-ring (bicyclic) bond motifs is 1. The molecule has 2 N–H and O–H groups in total. The van der Waals surface area contributed by atoms with Crippen LogP contribution < -0.4 is 10.6 Å². The lowest BCUT2D eigenvalue weighted by Gasteiger charge is -2.17. The first-order chi connectivity index (χ1) is 7.74. The van der Waals surface area contributed by atoms with Gasteiger partial charge in [0.2, 0.25) is 5.91 Å². The normalized spacial score (nSPS) is 13.9. The zero-order valence-corrected chi connectivity index (χ0v) is 10.2. The van der Waals surface area contributed by atoms with E-state index in [9.17, 15) is 4.79 Å². The van der Waals surface area contributed by atoms with E-state index in [1.54, 1.807) is 11.8 Å². The number of carbonyl (C=O) groups excluding carboxylic acids is 1. The van der Waals surface area contributed by atoms with Gasteiger partial charge in [0, 0.05) is 35.7 Å². The zero-order chi connectivity index (χ0) is 11.5. The Morgan fingerprint density at radius 1 is 1.56 bits per heavy atom. The van der Waals surface area contributed by atoms with Crippen LogP contribution in [0, 0.1) is 0 Å². The van der Waals surface area contributed by atoms with E-state index in [0.29, 0.717) is 6.42 Å². The molecule has 0 bridgehead atoms. The van der Waals surface area contributed by atoms with Gasteiger partial charge in [-0.2, -0.15) is 11.8 Å². The fourth-order valence-electron chi connectivity index (χ4n) is 2.04. The Bertz CT molecular complexity index is 406. The molecule has 1 aliphatic rings. The molecule has 0 atom stereocenters. The lowest BCUT2D eigenvalue weighted by molar-refractivity contribution is -0.118. The predicted molar refractivity (Wildman–Crippen MR) is 69.9 cm³/mol. The maximum atomic E-state index is 12.0. The zero-order valence-electron chi connectivity index (χ0n) is 9.40. The topological polar surface area (TPSA) is 46.3 Å². The third-order valence-corrected chi connectivity index (χ3v) is 3.50. The van der Waals surface area contributed by atoms with Crippen molar-refractivity contribution < 1.29 is 4.79 Å². The van der Waals surface area contributed by atoms with E-state index in [1.165, 1.54) is 0 Å². The molecular weight excluding hydrogens is 220 g/mol. The Hall–Kier alpha value is -1.16. The summed E-state index contributed by atoms with van der Waals surface area (Å²) in [7, 11) is 0. The van der Waals surface area contributed by atoms with Crippen molar-refractivity contribution in [2.45, 2.75) is 12.8 Å². The molecule has 0 spiro atoms. The van der Waals surface area contributed by atoms with Crippen molar-refractivity contribution in [1.82, 2.24) is 0 Å². The molecule has 0 unspecified atom stereocenters. The highest BCUT2D eigenvalue weighted by Crippen LogP contribution is 2.32. The molecule has 0 fully saturated rings. The highest BCUT2D eigenvalue weighted by molar-refractivity contribution is 7.98. The average molecular weight is 236 g/mol. The Morgan fingerprint density at radius 2 is 2.38 bits per heavy atom. The maximum absolute atomic E-state index is 12.0. The Balaban J connectivity index is 2.17. The van der Waals surface area contributed by atoms with E-state index in [2.05, 4.69) is 0 Å². The molecule has 16 heavy (non-hydrogen) atoms. The van der Waals surface area contributed by atoms with Gasteiger partial charge in [0.1, 0.15) is 0 Å². The van der Waals surface area contributed by atoms with Gasteiger partial charge in [-0.3, -0.25) is 4.79 Å². The number of carbonyl (C=O) groups is 1. The quantitative estimate of drug-likeness (QED) is 0.815. The van der Waals surface area contributed by atoms with E-state index in [1.807, 2.05) is 29.4 Å². The van der Waals surface area contributed by atoms with Gasteiger partial charge in [0.15, 0.2) is 0 Å². The summed E-state index contributed by atoms with van der Waals surface area (Å²) in [4.78, 5) is 13.8. The van der Waals surface area contributed by atoms with Gasteiger partial charge in [-0.1, -0.05) is 6.07 Å². The van der Waals surface area contributed by atoms with Gasteiger partial charge in [0.25, 0.3) is 0 Å². The number of hydrogen-bond donors (Lipinski definition) is 1. The number of nitrogens with two attached hydrogens (primary N) is 1. The highest BCUT2D eigenvalue weighted by atomic mass is 32.2. The standard InChI is InChI=1S/C12H16N2OS/c1-16-8-6-12(15)14-7-5-9-10(13)3-2-4-11(9)14/h2-4H,5-8,13H2,1H3. The maximum Gasteiger partial charge on any atom is 0.227 e. The van der Waals surface area contributed by atoms with Crippen LogP contribution in [0.2, 0.25) is 0 Å². The number of amides is 1. The second-order valence-electron chi connectivity index (χ2n) is 3.88. The second-order valence-corrected chi connectivity index (χ2v) is 4.87. The fraction of sp³-hybridized carbons (Fsp3) is 0.417. The SMILES string of the molecule is CSCCC(=O)N1CCc2c(N)cccc21. The van der Waals surface area contributed by atoms with Crippen LogP contribution in [0.15, 0.2) is 18.2 Å². The molecule has 1 heterocycles. The molecule has 1 aromatic carbocycles. The van der Waals surface area contributed by atoms with Crippen molar-refractivity contribution in [3.05, 3.63) is 23.8 Å². The number of rotatable bonds is 3. The Morgan fingerprint density at radius 3 is 3.12 bits per heavy atom. The van der Waals surface area contributed by atoms with Crippen molar-refractivity contribution in [3.63, 3.8) is 0 Å². The summed E-state index contributed by atoms with van der Waals surface area (Å²) in [5, 5.41) is 0. The smallest absolute Gasteiger partial charge is 0.227 e. The molecule has 2 rings (SSSR count). The van der Waals surface area contributed by atoms with E-state index in [4.69, 9.17) is 5.73 Å². The van der Waals surface area contributed by atoms with Gasteiger partial charge in [-0.05, 0) is 24.8 Å². The summed E-state index contributed by atoms with van der Waals surface area (Å²) in [5.41, 5.74) is 8.83. The summed E-state index contributed by atoms with van der Waals surface area (Å²) in [6, 6.07) is 5.79. The van der Waals surface area contributed by atoms with Crippen LogP contribution in [0.3, 0.4) is 0 Å². The molecule has 0 radical (unpaired) electrons. The summed E-state index contributed by atoms with van der Waals surface area (Å²) in [6.07, 6.45) is 3.51. The largest absolute Gasteiger partial charge is 0.398 e. The summed E-state index contributed by atoms with van der Waals surface area (Å²) >= 11 is 1.70. The minimum atomic E-state index is 0.207. The first-order valence-corrected chi connectivity index (χ1v) is 6.80. The van der Waals surface area contributed by atoms with Crippen molar-refractivity contribution >= 4 is 29.0 Å². The Kier molecular flexibility index (Phi) is 3.39. The van der Waals surface area contributed by atoms with Gasteiger partial charge in [-0.15, -0.1) is 0 Å². The predicted octanol–water partition coefficient (Wildman–Crippen LogP) is 1.91. The van der Waals surface area contributed by atoms with E-state index in [0.717, 1.165) is 35.7 Å². The summed E-state index contributed by atoms with van der Waals surface area (Å²) in [6.45, 7) is 0.775. The molecule has 0 saturated carbocycles. The molecule has 1 aromatic rings. The van der Waals surface area contributed by atoms with Crippen LogP contribution in [-0.2, 0) is 11.2 Å². The monoisotopic (exact) mass is 236 g/mol. The highest BCUT2D eigenvalue weighted by Gasteiger charge is 2.25. The molecule has 1 amide bonds. The van der Waals surface area contributed by atoms with Crippen molar-refractivity contribution in [2.75, 3.05) is 29.2 Å². The molecular formula is C12H16N2OS. The molecule has 0 saturated heterocycles. The minimum Gasteiger partial charge on any atom is -0.398 e. The van der Waals surface area contributed by atoms with Crippen LogP contribution in [0.4, 0.5) is 11.4 Å². The van der Waals surface area contributed by atoms with Gasteiger partial charge >= 0.3 is 0 Å². The van der Waals surface area contributed by atoms with E-state index < -0.39 is 0 Å². The third-order valence-electron chi connectivity index (χ3n) is 2.88. The number of nitrogens with zero attached hydrogens (tertiary/aromatic N) is 1. The third kappa shape index (κ3) is 2.02. The van der Waals surface area contributed by atoms with E-state index in [-0.39, 0.29) is 5.91 Å². The van der Waals surface area contributed by atoms with Crippen molar-refractivity contribution in [2.24, 2.45) is 0 Å². The van der Waals surface area contributed by atoms with Crippen LogP contribution >= 0.6 is 11.8 Å². The molecule has 4 heteroatoms. The Labute approximate surface area is 100.0 Å².